The molecular weight excluding hydrogens is 303 g/mol. The van der Waals surface area contributed by atoms with Crippen LogP contribution in [0.15, 0.2) is 42.5 Å². The van der Waals surface area contributed by atoms with Crippen molar-refractivity contribution in [2.24, 2.45) is 0 Å². The molecule has 0 radical (unpaired) electrons. The fourth-order valence-corrected chi connectivity index (χ4v) is 3.17. The Kier molecular flexibility index (Phi) is 5.14. The van der Waals surface area contributed by atoms with Crippen molar-refractivity contribution in [3.05, 3.63) is 70.5 Å². The molecule has 3 nitrogen and oxygen atoms in total. The van der Waals surface area contributed by atoms with E-state index in [9.17, 15) is 9.18 Å². The molecule has 0 saturated carbocycles. The van der Waals surface area contributed by atoms with Crippen LogP contribution in [-0.4, -0.2) is 6.03 Å². The fraction of sp³-hybridized carbons (Fsp3) is 0.350. The Morgan fingerprint density at radius 3 is 2.67 bits per heavy atom. The zero-order valence-electron chi connectivity index (χ0n) is 13.9. The average Bonchev–Trinajstić information content (AvgIpc) is 2.60. The van der Waals surface area contributed by atoms with Crippen LogP contribution in [0.25, 0.3) is 0 Å². The van der Waals surface area contributed by atoms with Crippen LogP contribution in [-0.2, 0) is 19.4 Å². The number of rotatable bonds is 4. The molecule has 0 heterocycles. The van der Waals surface area contributed by atoms with Crippen LogP contribution in [0.1, 0.15) is 48.1 Å². The largest absolute Gasteiger partial charge is 0.334 e. The van der Waals surface area contributed by atoms with Crippen molar-refractivity contribution < 1.29 is 9.18 Å². The van der Waals surface area contributed by atoms with Gasteiger partial charge in [-0.2, -0.15) is 0 Å². The highest BCUT2D eigenvalue weighted by Gasteiger charge is 2.14. The summed E-state index contributed by atoms with van der Waals surface area (Å²) in [4.78, 5) is 12.1. The second-order valence-corrected chi connectivity index (χ2v) is 6.38. The standard InChI is InChI=1S/C20H23FN2O/c1-14(16-11-10-15-6-2-3-7-17(15)12-16)23-20(24)22-13-18-8-4-5-9-19(18)21/h4-5,8-12,14H,2-3,6-7,13H2,1H3,(H2,22,23,24). The minimum absolute atomic E-state index is 0.0853. The van der Waals surface area contributed by atoms with Gasteiger partial charge in [0, 0.05) is 12.1 Å². The lowest BCUT2D eigenvalue weighted by molar-refractivity contribution is 0.237. The van der Waals surface area contributed by atoms with Crippen LogP contribution in [0.3, 0.4) is 0 Å². The van der Waals surface area contributed by atoms with Crippen LogP contribution in [0.2, 0.25) is 0 Å². The summed E-state index contributed by atoms with van der Waals surface area (Å²) in [7, 11) is 0. The van der Waals surface area contributed by atoms with Crippen molar-refractivity contribution in [1.82, 2.24) is 10.6 Å². The second kappa shape index (κ2) is 7.47. The highest BCUT2D eigenvalue weighted by molar-refractivity contribution is 5.74. The third-order valence-electron chi connectivity index (χ3n) is 4.62. The topological polar surface area (TPSA) is 41.1 Å². The first kappa shape index (κ1) is 16.5. The monoisotopic (exact) mass is 326 g/mol. The predicted molar refractivity (Wildman–Crippen MR) is 93.3 cm³/mol. The summed E-state index contributed by atoms with van der Waals surface area (Å²) in [5.41, 5.74) is 4.42. The highest BCUT2D eigenvalue weighted by Crippen LogP contribution is 2.24. The van der Waals surface area contributed by atoms with Gasteiger partial charge < -0.3 is 10.6 Å². The van der Waals surface area contributed by atoms with Gasteiger partial charge in [0.05, 0.1) is 6.04 Å². The van der Waals surface area contributed by atoms with Gasteiger partial charge in [0.2, 0.25) is 0 Å². The van der Waals surface area contributed by atoms with E-state index in [1.54, 1.807) is 18.2 Å². The number of hydrogen-bond donors (Lipinski definition) is 2. The van der Waals surface area contributed by atoms with Gasteiger partial charge in [-0.1, -0.05) is 36.4 Å². The molecule has 0 fully saturated rings. The smallest absolute Gasteiger partial charge is 0.315 e. The van der Waals surface area contributed by atoms with Gasteiger partial charge in [-0.15, -0.1) is 0 Å². The van der Waals surface area contributed by atoms with Crippen molar-refractivity contribution >= 4 is 6.03 Å². The normalized spacial score (nSPS) is 14.6. The lowest BCUT2D eigenvalue weighted by atomic mass is 9.89. The molecular formula is C20H23FN2O. The lowest BCUT2D eigenvalue weighted by Gasteiger charge is -2.20. The number of hydrogen-bond acceptors (Lipinski definition) is 1. The Bertz CT molecular complexity index is 729. The molecule has 126 valence electrons. The molecule has 0 aromatic heterocycles. The molecule has 2 amide bonds. The first-order valence-electron chi connectivity index (χ1n) is 8.53. The summed E-state index contributed by atoms with van der Waals surface area (Å²) < 4.78 is 13.6. The van der Waals surface area contributed by atoms with Crippen molar-refractivity contribution in [3.8, 4) is 0 Å². The van der Waals surface area contributed by atoms with E-state index < -0.39 is 0 Å². The zero-order chi connectivity index (χ0) is 16.9. The maximum atomic E-state index is 13.6. The van der Waals surface area contributed by atoms with E-state index in [4.69, 9.17) is 0 Å². The third kappa shape index (κ3) is 3.94. The minimum atomic E-state index is -0.305. The molecule has 3 rings (SSSR count). The Hall–Kier alpha value is -2.36. The van der Waals surface area contributed by atoms with Gasteiger partial charge in [-0.25, -0.2) is 9.18 Å². The number of fused-ring (bicyclic) bond motifs is 1. The van der Waals surface area contributed by atoms with Crippen molar-refractivity contribution in [3.63, 3.8) is 0 Å². The van der Waals surface area contributed by atoms with E-state index in [0.29, 0.717) is 5.56 Å². The highest BCUT2D eigenvalue weighted by atomic mass is 19.1. The summed E-state index contributed by atoms with van der Waals surface area (Å²) in [6.45, 7) is 2.14. The summed E-state index contributed by atoms with van der Waals surface area (Å²) in [6.07, 6.45) is 4.77. The SMILES string of the molecule is CC(NC(=O)NCc1ccccc1F)c1ccc2c(c1)CCCC2. The first-order valence-corrected chi connectivity index (χ1v) is 8.53. The van der Waals surface area contributed by atoms with Crippen LogP contribution in [0.5, 0.6) is 0 Å². The van der Waals surface area contributed by atoms with Gasteiger partial charge in [-0.05, 0) is 55.4 Å². The van der Waals surface area contributed by atoms with Crippen LogP contribution in [0.4, 0.5) is 9.18 Å². The van der Waals surface area contributed by atoms with Crippen LogP contribution >= 0.6 is 0 Å². The summed E-state index contributed by atoms with van der Waals surface area (Å²) in [6, 6.07) is 12.6. The molecule has 0 saturated heterocycles. The number of carbonyl (C=O) groups is 1. The molecule has 1 unspecified atom stereocenters. The van der Waals surface area contributed by atoms with Gasteiger partial charge in [0.1, 0.15) is 5.82 Å². The third-order valence-corrected chi connectivity index (χ3v) is 4.62. The molecule has 1 aliphatic rings. The number of aryl methyl sites for hydroxylation is 2. The Balaban J connectivity index is 1.57. The second-order valence-electron chi connectivity index (χ2n) is 6.38. The maximum Gasteiger partial charge on any atom is 0.315 e. The Morgan fingerprint density at radius 2 is 1.88 bits per heavy atom. The lowest BCUT2D eigenvalue weighted by Crippen LogP contribution is -2.36. The maximum absolute atomic E-state index is 13.6. The number of amides is 2. The summed E-state index contributed by atoms with van der Waals surface area (Å²) >= 11 is 0. The molecule has 1 aliphatic carbocycles. The van der Waals surface area contributed by atoms with Gasteiger partial charge in [0.25, 0.3) is 0 Å². The predicted octanol–water partition coefficient (Wildman–Crippen LogP) is 4.26. The van der Waals surface area contributed by atoms with Gasteiger partial charge in [0.15, 0.2) is 0 Å². The molecule has 0 bridgehead atoms. The van der Waals surface area contributed by atoms with E-state index in [-0.39, 0.29) is 24.4 Å². The number of benzene rings is 2. The minimum Gasteiger partial charge on any atom is -0.334 e. The van der Waals surface area contributed by atoms with E-state index in [1.807, 2.05) is 6.92 Å². The number of carbonyl (C=O) groups excluding carboxylic acids is 1. The fourth-order valence-electron chi connectivity index (χ4n) is 3.17. The van der Waals surface area contributed by atoms with Crippen LogP contribution < -0.4 is 10.6 Å². The quantitative estimate of drug-likeness (QED) is 0.866. The molecule has 1 atom stereocenters. The zero-order valence-corrected chi connectivity index (χ0v) is 13.9. The van der Waals surface area contributed by atoms with Crippen molar-refractivity contribution in [2.75, 3.05) is 0 Å². The molecule has 24 heavy (non-hydrogen) atoms. The summed E-state index contributed by atoms with van der Waals surface area (Å²) in [5.74, 6) is -0.305. The summed E-state index contributed by atoms with van der Waals surface area (Å²) in [5, 5.41) is 5.63. The van der Waals surface area contributed by atoms with Crippen molar-refractivity contribution in [1.29, 1.82) is 0 Å². The molecule has 2 aromatic carbocycles. The Morgan fingerprint density at radius 1 is 1.12 bits per heavy atom. The average molecular weight is 326 g/mol. The van der Waals surface area contributed by atoms with Crippen LogP contribution in [0, 0.1) is 5.82 Å². The van der Waals surface area contributed by atoms with E-state index in [1.165, 1.54) is 30.0 Å². The van der Waals surface area contributed by atoms with Gasteiger partial charge in [-0.3, -0.25) is 0 Å². The van der Waals surface area contributed by atoms with E-state index in [2.05, 4.69) is 28.8 Å². The molecule has 2 N–H and O–H groups in total. The number of nitrogens with one attached hydrogen (secondary N) is 2. The first-order chi connectivity index (χ1) is 11.6. The molecule has 0 aliphatic heterocycles. The van der Waals surface area contributed by atoms with Crippen molar-refractivity contribution in [2.45, 2.75) is 45.2 Å². The Labute approximate surface area is 142 Å². The number of urea groups is 1. The molecule has 4 heteroatoms. The van der Waals surface area contributed by atoms with E-state index >= 15 is 0 Å². The molecule has 2 aromatic rings. The number of halogens is 1. The van der Waals surface area contributed by atoms with Gasteiger partial charge >= 0.3 is 6.03 Å². The van der Waals surface area contributed by atoms with E-state index in [0.717, 1.165) is 18.4 Å². The molecule has 0 spiro atoms.